The molecule has 0 aliphatic carbocycles. The first kappa shape index (κ1) is 37.3. The molecule has 0 fully saturated rings. The summed E-state index contributed by atoms with van der Waals surface area (Å²) < 4.78 is 6.39. The lowest BCUT2D eigenvalue weighted by molar-refractivity contribution is 0.669. The molecule has 300 valence electrons. The third-order valence-electron chi connectivity index (χ3n) is 12.7. The van der Waals surface area contributed by atoms with Gasteiger partial charge in [-0.05, 0) is 126 Å². The first-order valence-corrected chi connectivity index (χ1v) is 21.9. The fraction of sp³-hybridized carbons (Fsp3) is 0. The van der Waals surface area contributed by atoms with Crippen molar-refractivity contribution in [2.24, 2.45) is 0 Å². The van der Waals surface area contributed by atoms with Crippen LogP contribution in [-0.2, 0) is 0 Å². The minimum atomic E-state index is 0.881. The Hall–Kier alpha value is -8.46. The van der Waals surface area contributed by atoms with Gasteiger partial charge in [0.05, 0.1) is 5.69 Å². The zero-order chi connectivity index (χ0) is 42.4. The molecular formula is C62H41NO. The van der Waals surface area contributed by atoms with Crippen molar-refractivity contribution in [2.75, 3.05) is 4.90 Å². The van der Waals surface area contributed by atoms with Crippen molar-refractivity contribution in [1.29, 1.82) is 0 Å². The summed E-state index contributed by atoms with van der Waals surface area (Å²) in [6.07, 6.45) is 0. The Balaban J connectivity index is 0.928. The molecule has 0 saturated heterocycles. The van der Waals surface area contributed by atoms with Gasteiger partial charge in [0.15, 0.2) is 0 Å². The van der Waals surface area contributed by atoms with E-state index in [-0.39, 0.29) is 0 Å². The van der Waals surface area contributed by atoms with Gasteiger partial charge in [0.25, 0.3) is 0 Å². The van der Waals surface area contributed by atoms with E-state index < -0.39 is 0 Å². The minimum Gasteiger partial charge on any atom is -0.456 e. The van der Waals surface area contributed by atoms with Crippen LogP contribution in [0, 0.1) is 0 Å². The number of anilines is 3. The molecule has 1 heterocycles. The average Bonchev–Trinajstić information content (AvgIpc) is 3.75. The van der Waals surface area contributed by atoms with Crippen LogP contribution in [0.2, 0.25) is 0 Å². The van der Waals surface area contributed by atoms with E-state index in [0.29, 0.717) is 0 Å². The molecule has 0 saturated carbocycles. The molecule has 12 aromatic rings. The van der Waals surface area contributed by atoms with Crippen molar-refractivity contribution in [3.05, 3.63) is 249 Å². The van der Waals surface area contributed by atoms with Gasteiger partial charge in [-0.25, -0.2) is 0 Å². The van der Waals surface area contributed by atoms with Crippen molar-refractivity contribution in [3.8, 4) is 55.6 Å². The molecule has 0 spiro atoms. The molecule has 0 atom stereocenters. The summed E-state index contributed by atoms with van der Waals surface area (Å²) in [7, 11) is 0. The molecule has 0 bridgehead atoms. The minimum absolute atomic E-state index is 0.881. The van der Waals surface area contributed by atoms with Crippen molar-refractivity contribution in [1.82, 2.24) is 0 Å². The molecule has 12 rings (SSSR count). The van der Waals surface area contributed by atoms with Gasteiger partial charge >= 0.3 is 0 Å². The second-order valence-corrected chi connectivity index (χ2v) is 16.5. The van der Waals surface area contributed by atoms with Crippen LogP contribution >= 0.6 is 0 Å². The van der Waals surface area contributed by atoms with Crippen LogP contribution < -0.4 is 4.90 Å². The number of hydrogen-bond acceptors (Lipinski definition) is 2. The molecule has 11 aromatic carbocycles. The van der Waals surface area contributed by atoms with Gasteiger partial charge in [0.1, 0.15) is 11.2 Å². The van der Waals surface area contributed by atoms with E-state index in [2.05, 4.69) is 241 Å². The normalized spacial score (nSPS) is 11.4. The quantitative estimate of drug-likeness (QED) is 0.152. The van der Waals surface area contributed by atoms with Crippen LogP contribution in [0.5, 0.6) is 0 Å². The molecule has 64 heavy (non-hydrogen) atoms. The third kappa shape index (κ3) is 6.70. The predicted octanol–water partition coefficient (Wildman–Crippen LogP) is 17.7. The molecule has 0 unspecified atom stereocenters. The van der Waals surface area contributed by atoms with Gasteiger partial charge in [-0.3, -0.25) is 0 Å². The Morgan fingerprint density at radius 3 is 1.38 bits per heavy atom. The molecule has 0 radical (unpaired) electrons. The van der Waals surface area contributed by atoms with Gasteiger partial charge in [0.2, 0.25) is 0 Å². The lowest BCUT2D eigenvalue weighted by atomic mass is 9.95. The largest absolute Gasteiger partial charge is 0.456 e. The first-order chi connectivity index (χ1) is 31.7. The summed E-state index contributed by atoms with van der Waals surface area (Å²) in [5.74, 6) is 0. The predicted molar refractivity (Wildman–Crippen MR) is 271 cm³/mol. The highest BCUT2D eigenvalue weighted by Crippen LogP contribution is 2.43. The van der Waals surface area contributed by atoms with Gasteiger partial charge in [0, 0.05) is 27.7 Å². The van der Waals surface area contributed by atoms with Crippen LogP contribution in [0.25, 0.3) is 99.1 Å². The molecule has 0 aliphatic heterocycles. The van der Waals surface area contributed by atoms with Gasteiger partial charge in [-0.1, -0.05) is 194 Å². The van der Waals surface area contributed by atoms with E-state index in [0.717, 1.165) is 55.7 Å². The maximum absolute atomic E-state index is 6.39. The zero-order valence-corrected chi connectivity index (χ0v) is 35.0. The Morgan fingerprint density at radius 1 is 0.250 bits per heavy atom. The smallest absolute Gasteiger partial charge is 0.136 e. The molecular weight excluding hydrogens is 775 g/mol. The van der Waals surface area contributed by atoms with E-state index in [1.807, 2.05) is 12.1 Å². The summed E-state index contributed by atoms with van der Waals surface area (Å²) in [6.45, 7) is 0. The highest BCUT2D eigenvalue weighted by molar-refractivity contribution is 6.06. The monoisotopic (exact) mass is 815 g/mol. The SMILES string of the molecule is c1cc(-c2ccc(N(c3ccc(-c4ccc(-c5cccc6ccccc56)cc4)cc3)c3ccccc3-c3ccc4c(c3)oc3ccccc34)cc2)cc(-c2cccc3ccccc23)c1. The lowest BCUT2D eigenvalue weighted by Gasteiger charge is -2.28. The highest BCUT2D eigenvalue weighted by Gasteiger charge is 2.19. The van der Waals surface area contributed by atoms with Crippen molar-refractivity contribution < 1.29 is 4.42 Å². The standard InChI is InChI=1S/C62H41NO/c1-3-18-53-45(12-1)14-10-22-55(53)47-28-26-42(27-29-47)43-30-35-51(36-31-43)63(60-24-7-5-20-57(60)50-34-39-59-58-21-6-8-25-61(58)64-62(59)41-50)52-37-32-44(33-38-52)48-16-9-17-49(40-48)56-23-11-15-46-13-2-4-19-54(46)56/h1-41H. The fourth-order valence-electron chi connectivity index (χ4n) is 9.50. The van der Waals surface area contributed by atoms with E-state index in [4.69, 9.17) is 4.42 Å². The number of para-hydroxylation sites is 2. The summed E-state index contributed by atoms with van der Waals surface area (Å²) in [5.41, 5.74) is 16.8. The Labute approximate surface area is 372 Å². The maximum Gasteiger partial charge on any atom is 0.136 e. The summed E-state index contributed by atoms with van der Waals surface area (Å²) in [6, 6.07) is 89.7. The molecule has 0 aliphatic rings. The molecule has 2 heteroatoms. The van der Waals surface area contributed by atoms with E-state index in [9.17, 15) is 0 Å². The average molecular weight is 816 g/mol. The summed E-state index contributed by atoms with van der Waals surface area (Å²) in [5, 5.41) is 7.27. The highest BCUT2D eigenvalue weighted by atomic mass is 16.3. The topological polar surface area (TPSA) is 16.4 Å². The number of benzene rings is 11. The maximum atomic E-state index is 6.39. The van der Waals surface area contributed by atoms with Gasteiger partial charge in [-0.2, -0.15) is 0 Å². The molecule has 0 N–H and O–H groups in total. The molecule has 2 nitrogen and oxygen atoms in total. The van der Waals surface area contributed by atoms with Crippen molar-refractivity contribution in [3.63, 3.8) is 0 Å². The fourth-order valence-corrected chi connectivity index (χ4v) is 9.50. The van der Waals surface area contributed by atoms with E-state index >= 15 is 0 Å². The van der Waals surface area contributed by atoms with Crippen molar-refractivity contribution in [2.45, 2.75) is 0 Å². The Bertz CT molecular complexity index is 3640. The first-order valence-electron chi connectivity index (χ1n) is 21.9. The number of nitrogens with zero attached hydrogens (tertiary/aromatic N) is 1. The summed E-state index contributed by atoms with van der Waals surface area (Å²) in [4.78, 5) is 2.38. The molecule has 1 aromatic heterocycles. The second-order valence-electron chi connectivity index (χ2n) is 16.5. The number of fused-ring (bicyclic) bond motifs is 5. The van der Waals surface area contributed by atoms with Crippen LogP contribution in [0.1, 0.15) is 0 Å². The Kier molecular flexibility index (Phi) is 9.20. The van der Waals surface area contributed by atoms with E-state index in [1.165, 1.54) is 60.5 Å². The third-order valence-corrected chi connectivity index (χ3v) is 12.7. The zero-order valence-electron chi connectivity index (χ0n) is 35.0. The number of rotatable bonds is 8. The van der Waals surface area contributed by atoms with Crippen LogP contribution in [0.3, 0.4) is 0 Å². The Morgan fingerprint density at radius 2 is 0.688 bits per heavy atom. The summed E-state index contributed by atoms with van der Waals surface area (Å²) >= 11 is 0. The van der Waals surface area contributed by atoms with Gasteiger partial charge < -0.3 is 9.32 Å². The number of hydrogen-bond donors (Lipinski definition) is 0. The van der Waals surface area contributed by atoms with Crippen LogP contribution in [0.4, 0.5) is 17.1 Å². The van der Waals surface area contributed by atoms with Gasteiger partial charge in [-0.15, -0.1) is 0 Å². The lowest BCUT2D eigenvalue weighted by Crippen LogP contribution is -2.11. The molecule has 0 amide bonds. The number of furan rings is 1. The van der Waals surface area contributed by atoms with Crippen LogP contribution in [0.15, 0.2) is 253 Å². The second kappa shape index (κ2) is 15.8. The van der Waals surface area contributed by atoms with Crippen molar-refractivity contribution >= 4 is 60.5 Å². The van der Waals surface area contributed by atoms with Crippen LogP contribution in [-0.4, -0.2) is 0 Å². The van der Waals surface area contributed by atoms with E-state index in [1.54, 1.807) is 0 Å².